The molecule has 0 saturated carbocycles. The molecule has 0 unspecified atom stereocenters. The van der Waals surface area contributed by atoms with Crippen LogP contribution in [0, 0.1) is 0 Å². The van der Waals surface area contributed by atoms with Crippen LogP contribution < -0.4 is 5.32 Å². The molecule has 0 atom stereocenters. The number of rotatable bonds is 15. The van der Waals surface area contributed by atoms with Crippen molar-refractivity contribution in [3.05, 3.63) is 0 Å². The lowest BCUT2D eigenvalue weighted by molar-refractivity contribution is -0.911. The summed E-state index contributed by atoms with van der Waals surface area (Å²) in [5, 5.41) is 3.48. The first-order valence-electron chi connectivity index (χ1n) is 10.8. The van der Waals surface area contributed by atoms with Gasteiger partial charge in [-0.2, -0.15) is 0 Å². The Morgan fingerprint density at radius 1 is 0.609 bits per heavy atom. The quantitative estimate of drug-likeness (QED) is 0.309. The number of likely N-dealkylation sites (N-methyl/N-ethyl adjacent to an activating group) is 1. The molecule has 1 aliphatic rings. The molecule has 1 fully saturated rings. The van der Waals surface area contributed by atoms with Crippen molar-refractivity contribution in [1.29, 1.82) is 0 Å². The Hall–Kier alpha value is -0.0800. The number of unbranched alkanes of at least 4 members (excludes halogenated alkanes) is 13. The standard InChI is InChI=1S/C21H45N2/c1-3-4-5-6-7-8-9-10-11-12-13-14-15-16-19-23(2)20-17-22-18-21-23/h22H,3-21H2,1-2H3/q+1. The lowest BCUT2D eigenvalue weighted by atomic mass is 10.0. The van der Waals surface area contributed by atoms with Crippen LogP contribution in [0.25, 0.3) is 0 Å². The van der Waals surface area contributed by atoms with E-state index in [2.05, 4.69) is 19.3 Å². The molecule has 0 aromatic rings. The number of piperazine rings is 1. The summed E-state index contributed by atoms with van der Waals surface area (Å²) in [7, 11) is 2.45. The Labute approximate surface area is 147 Å². The lowest BCUT2D eigenvalue weighted by Crippen LogP contribution is -2.56. The molecule has 2 nitrogen and oxygen atoms in total. The number of hydrogen-bond donors (Lipinski definition) is 1. The van der Waals surface area contributed by atoms with E-state index in [0.717, 1.165) is 0 Å². The van der Waals surface area contributed by atoms with Gasteiger partial charge >= 0.3 is 0 Å². The van der Waals surface area contributed by atoms with E-state index in [4.69, 9.17) is 0 Å². The molecule has 1 rings (SSSR count). The highest BCUT2D eigenvalue weighted by molar-refractivity contribution is 4.56. The first-order chi connectivity index (χ1) is 11.3. The summed E-state index contributed by atoms with van der Waals surface area (Å²) in [5.74, 6) is 0. The van der Waals surface area contributed by atoms with Gasteiger partial charge in [-0.05, 0) is 12.8 Å². The Kier molecular flexibility index (Phi) is 13.0. The van der Waals surface area contributed by atoms with Gasteiger partial charge in [0.25, 0.3) is 0 Å². The van der Waals surface area contributed by atoms with Gasteiger partial charge in [0.15, 0.2) is 0 Å². The SMILES string of the molecule is CCCCCCCCCCCCCCCC[N+]1(C)CCNCC1. The van der Waals surface area contributed by atoms with Crippen LogP contribution in [-0.2, 0) is 0 Å². The van der Waals surface area contributed by atoms with Gasteiger partial charge in [-0.1, -0.05) is 84.0 Å². The summed E-state index contributed by atoms with van der Waals surface area (Å²) in [4.78, 5) is 0. The van der Waals surface area contributed by atoms with Crippen molar-refractivity contribution >= 4 is 0 Å². The normalized spacial score (nSPS) is 17.5. The van der Waals surface area contributed by atoms with Crippen LogP contribution in [0.3, 0.4) is 0 Å². The van der Waals surface area contributed by atoms with E-state index in [0.29, 0.717) is 0 Å². The van der Waals surface area contributed by atoms with Gasteiger partial charge in [-0.3, -0.25) is 0 Å². The maximum Gasteiger partial charge on any atom is 0.0911 e. The number of hydrogen-bond acceptors (Lipinski definition) is 1. The zero-order valence-corrected chi connectivity index (χ0v) is 16.4. The molecule has 138 valence electrons. The molecule has 0 aliphatic carbocycles. The largest absolute Gasteiger partial charge is 0.324 e. The predicted molar refractivity (Wildman–Crippen MR) is 104 cm³/mol. The van der Waals surface area contributed by atoms with E-state index in [1.165, 1.54) is 127 Å². The molecule has 0 bridgehead atoms. The highest BCUT2D eigenvalue weighted by Crippen LogP contribution is 2.14. The van der Waals surface area contributed by atoms with E-state index >= 15 is 0 Å². The van der Waals surface area contributed by atoms with Crippen molar-refractivity contribution in [3.63, 3.8) is 0 Å². The van der Waals surface area contributed by atoms with E-state index in [9.17, 15) is 0 Å². The molecule has 0 spiro atoms. The third-order valence-electron chi connectivity index (χ3n) is 5.71. The van der Waals surface area contributed by atoms with Gasteiger partial charge in [0, 0.05) is 13.1 Å². The maximum absolute atomic E-state index is 3.48. The Morgan fingerprint density at radius 2 is 1.00 bits per heavy atom. The minimum Gasteiger partial charge on any atom is -0.324 e. The topological polar surface area (TPSA) is 12.0 Å². The average Bonchev–Trinajstić information content (AvgIpc) is 2.56. The fourth-order valence-electron chi connectivity index (χ4n) is 3.85. The van der Waals surface area contributed by atoms with Crippen molar-refractivity contribution in [2.45, 2.75) is 96.8 Å². The zero-order valence-electron chi connectivity index (χ0n) is 16.4. The minimum absolute atomic E-state index is 1.22. The van der Waals surface area contributed by atoms with Crippen LogP contribution in [-0.4, -0.2) is 44.3 Å². The summed E-state index contributed by atoms with van der Waals surface area (Å²) in [6.45, 7) is 8.80. The zero-order chi connectivity index (χ0) is 16.6. The monoisotopic (exact) mass is 325 g/mol. The third-order valence-corrected chi connectivity index (χ3v) is 5.71. The molecule has 0 radical (unpaired) electrons. The number of nitrogens with zero attached hydrogens (tertiary/aromatic N) is 1. The third kappa shape index (κ3) is 12.0. The summed E-state index contributed by atoms with van der Waals surface area (Å²) < 4.78 is 1.31. The predicted octanol–water partition coefficient (Wildman–Crippen LogP) is 5.52. The van der Waals surface area contributed by atoms with Gasteiger partial charge in [0.2, 0.25) is 0 Å². The number of quaternary nitrogens is 1. The Morgan fingerprint density at radius 3 is 1.43 bits per heavy atom. The first kappa shape index (κ1) is 21.0. The molecule has 0 amide bonds. The van der Waals surface area contributed by atoms with Crippen molar-refractivity contribution in [2.75, 3.05) is 39.8 Å². The van der Waals surface area contributed by atoms with Crippen molar-refractivity contribution in [1.82, 2.24) is 5.32 Å². The summed E-state index contributed by atoms with van der Waals surface area (Å²) in [6, 6.07) is 0. The van der Waals surface area contributed by atoms with Crippen LogP contribution in [0.2, 0.25) is 0 Å². The average molecular weight is 326 g/mol. The maximum atomic E-state index is 3.48. The Bertz CT molecular complexity index is 246. The molecule has 1 saturated heterocycles. The number of nitrogens with one attached hydrogen (secondary N) is 1. The van der Waals surface area contributed by atoms with Gasteiger partial charge < -0.3 is 9.80 Å². The molecule has 1 heterocycles. The summed E-state index contributed by atoms with van der Waals surface area (Å²) >= 11 is 0. The smallest absolute Gasteiger partial charge is 0.0911 e. The fourth-order valence-corrected chi connectivity index (χ4v) is 3.85. The van der Waals surface area contributed by atoms with Crippen molar-refractivity contribution < 1.29 is 4.48 Å². The second-order valence-electron chi connectivity index (χ2n) is 8.14. The second kappa shape index (κ2) is 14.3. The van der Waals surface area contributed by atoms with Crippen LogP contribution in [0.15, 0.2) is 0 Å². The fraction of sp³-hybridized carbons (Fsp3) is 1.00. The van der Waals surface area contributed by atoms with E-state index in [1.54, 1.807) is 0 Å². The second-order valence-corrected chi connectivity index (χ2v) is 8.14. The highest BCUT2D eigenvalue weighted by Gasteiger charge is 2.23. The van der Waals surface area contributed by atoms with E-state index in [1.807, 2.05) is 0 Å². The van der Waals surface area contributed by atoms with Gasteiger partial charge in [-0.25, -0.2) is 0 Å². The lowest BCUT2D eigenvalue weighted by Gasteiger charge is -2.38. The van der Waals surface area contributed by atoms with Crippen LogP contribution >= 0.6 is 0 Å². The Balaban J connectivity index is 1.74. The molecule has 0 aromatic carbocycles. The van der Waals surface area contributed by atoms with Crippen LogP contribution in [0.5, 0.6) is 0 Å². The van der Waals surface area contributed by atoms with E-state index < -0.39 is 0 Å². The molecule has 1 aliphatic heterocycles. The molecular formula is C21H45N2+. The molecular weight excluding hydrogens is 280 g/mol. The molecule has 2 heteroatoms. The van der Waals surface area contributed by atoms with Crippen LogP contribution in [0.4, 0.5) is 0 Å². The summed E-state index contributed by atoms with van der Waals surface area (Å²) in [6.07, 6.45) is 20.5. The molecule has 23 heavy (non-hydrogen) atoms. The van der Waals surface area contributed by atoms with Crippen LogP contribution in [0.1, 0.15) is 96.8 Å². The molecule has 0 aromatic heterocycles. The van der Waals surface area contributed by atoms with E-state index in [-0.39, 0.29) is 0 Å². The van der Waals surface area contributed by atoms with Crippen molar-refractivity contribution in [2.24, 2.45) is 0 Å². The van der Waals surface area contributed by atoms with Crippen molar-refractivity contribution in [3.8, 4) is 0 Å². The molecule has 1 N–H and O–H groups in total. The minimum atomic E-state index is 1.22. The van der Waals surface area contributed by atoms with Gasteiger partial charge in [0.1, 0.15) is 0 Å². The summed E-state index contributed by atoms with van der Waals surface area (Å²) in [5.41, 5.74) is 0. The highest BCUT2D eigenvalue weighted by atomic mass is 15.4. The van der Waals surface area contributed by atoms with Gasteiger partial charge in [-0.15, -0.1) is 0 Å². The first-order valence-corrected chi connectivity index (χ1v) is 10.8. The van der Waals surface area contributed by atoms with Gasteiger partial charge in [0.05, 0.1) is 26.7 Å².